The monoisotopic (exact) mass is 600 g/mol. The van der Waals surface area contributed by atoms with Crippen LogP contribution in [0, 0.1) is 0 Å². The number of aldehydes is 1. The molecule has 13 heteroatoms. The molecule has 1 aliphatic heterocycles. The van der Waals surface area contributed by atoms with Crippen molar-refractivity contribution in [2.45, 2.75) is 36.9 Å². The Bertz CT molecular complexity index is 1540. The first kappa shape index (κ1) is 29.9. The smallest absolute Gasteiger partial charge is 0.416 e. The number of halogens is 3. The molecule has 0 unspecified atom stereocenters. The first-order chi connectivity index (χ1) is 20.6. The summed E-state index contributed by atoms with van der Waals surface area (Å²) >= 11 is 0. The van der Waals surface area contributed by atoms with Gasteiger partial charge in [-0.3, -0.25) is 14.4 Å². The summed E-state index contributed by atoms with van der Waals surface area (Å²) < 4.78 is 56.2. The van der Waals surface area contributed by atoms with E-state index in [2.05, 4.69) is 5.32 Å². The van der Waals surface area contributed by atoms with Gasteiger partial charge >= 0.3 is 6.18 Å². The van der Waals surface area contributed by atoms with Gasteiger partial charge in [0.25, 0.3) is 5.91 Å². The Hall–Kier alpha value is -4.62. The summed E-state index contributed by atoms with van der Waals surface area (Å²) in [5.74, 6) is -1.81. The molecule has 0 saturated heterocycles. The third-order valence-electron chi connectivity index (χ3n) is 7.42. The summed E-state index contributed by atoms with van der Waals surface area (Å²) in [6.07, 6.45) is -2.42. The fourth-order valence-corrected chi connectivity index (χ4v) is 5.42. The Morgan fingerprint density at radius 1 is 1.16 bits per heavy atom. The average molecular weight is 601 g/mol. The van der Waals surface area contributed by atoms with E-state index in [0.29, 0.717) is 17.4 Å². The zero-order valence-corrected chi connectivity index (χ0v) is 22.7. The summed E-state index contributed by atoms with van der Waals surface area (Å²) in [6, 6.07) is 6.99. The highest BCUT2D eigenvalue weighted by atomic mass is 19.4. The van der Waals surface area contributed by atoms with Crippen molar-refractivity contribution in [3.8, 4) is 11.5 Å². The van der Waals surface area contributed by atoms with Gasteiger partial charge in [-0.2, -0.15) is 13.2 Å². The summed E-state index contributed by atoms with van der Waals surface area (Å²) in [5.41, 5.74) is 0.237. The van der Waals surface area contributed by atoms with Gasteiger partial charge in [0, 0.05) is 40.9 Å². The Labute approximate surface area is 243 Å². The van der Waals surface area contributed by atoms with E-state index in [-0.39, 0.29) is 47.9 Å². The number of hydrogen-bond donors (Lipinski definition) is 3. The molecule has 0 fully saturated rings. The molecule has 0 spiro atoms. The van der Waals surface area contributed by atoms with E-state index in [9.17, 15) is 37.8 Å². The Morgan fingerprint density at radius 3 is 2.51 bits per heavy atom. The maximum Gasteiger partial charge on any atom is 0.416 e. The van der Waals surface area contributed by atoms with Crippen LogP contribution in [0.25, 0.3) is 0 Å². The number of rotatable bonds is 9. The summed E-state index contributed by atoms with van der Waals surface area (Å²) in [5, 5.41) is 23.6. The van der Waals surface area contributed by atoms with E-state index in [4.69, 9.17) is 13.9 Å². The van der Waals surface area contributed by atoms with Crippen molar-refractivity contribution in [3.05, 3.63) is 94.5 Å². The zero-order valence-electron chi connectivity index (χ0n) is 22.7. The van der Waals surface area contributed by atoms with Crippen LogP contribution >= 0.6 is 0 Å². The van der Waals surface area contributed by atoms with Gasteiger partial charge in [-0.15, -0.1) is 0 Å². The molecular weight excluding hydrogens is 573 g/mol. The van der Waals surface area contributed by atoms with Gasteiger partial charge in [0.1, 0.15) is 18.5 Å². The van der Waals surface area contributed by atoms with Crippen molar-refractivity contribution in [1.29, 1.82) is 0 Å². The maximum atomic E-state index is 13.9. The van der Waals surface area contributed by atoms with Crippen molar-refractivity contribution >= 4 is 18.1 Å². The molecule has 3 aromatic rings. The quantitative estimate of drug-likeness (QED) is 0.319. The number of hydrogen-bond acceptors (Lipinski definition) is 8. The number of alkyl halides is 3. The molecule has 2 amide bonds. The van der Waals surface area contributed by atoms with Gasteiger partial charge in [0.15, 0.2) is 11.5 Å². The van der Waals surface area contributed by atoms with E-state index in [1.807, 2.05) is 0 Å². The van der Waals surface area contributed by atoms with Crippen LogP contribution < -0.4 is 14.8 Å². The third-order valence-corrected chi connectivity index (χ3v) is 7.42. The van der Waals surface area contributed by atoms with Gasteiger partial charge in [-0.05, 0) is 48.5 Å². The molecule has 43 heavy (non-hydrogen) atoms. The molecule has 0 radical (unpaired) electrons. The number of methoxy groups -OCH3 is 1. The largest absolute Gasteiger partial charge is 0.493 e. The van der Waals surface area contributed by atoms with Crippen LogP contribution in [-0.4, -0.2) is 71.7 Å². The molecule has 5 rings (SSSR count). The number of nitrogens with one attached hydrogen (secondary N) is 1. The van der Waals surface area contributed by atoms with Crippen molar-refractivity contribution < 1.29 is 51.7 Å². The standard InChI is InChI=1S/C30H27F3N2O8/c1-41-23-11-17(14-37)10-20-24-21(28(39)34-7-8-36)12-22(25(38)27(24)43-26(20)23)35(13-16-6-9-42-15-16)29(40)18-2-4-19(5-3-18)30(31,32)33/h2-6,9-12,14-15,22,24-25,27,36,38H,7-8,13H2,1H3,(H,34,39)/t22-,24+,25+,27+/m1/s1. The van der Waals surface area contributed by atoms with E-state index in [1.165, 1.54) is 42.7 Å². The lowest BCUT2D eigenvalue weighted by atomic mass is 9.77. The molecule has 2 aromatic carbocycles. The molecule has 4 atom stereocenters. The number of fused-ring (bicyclic) bond motifs is 3. The number of nitrogens with zero attached hydrogens (tertiary/aromatic N) is 1. The van der Waals surface area contributed by atoms with Gasteiger partial charge in [-0.25, -0.2) is 0 Å². The Balaban J connectivity index is 1.61. The summed E-state index contributed by atoms with van der Waals surface area (Å²) in [6.45, 7) is -0.577. The van der Waals surface area contributed by atoms with Crippen LogP contribution in [0.15, 0.2) is 71.1 Å². The molecule has 0 saturated carbocycles. The fraction of sp³-hybridized carbons (Fsp3) is 0.300. The van der Waals surface area contributed by atoms with E-state index in [1.54, 1.807) is 6.07 Å². The molecule has 2 heterocycles. The highest BCUT2D eigenvalue weighted by Crippen LogP contribution is 2.51. The first-order valence-electron chi connectivity index (χ1n) is 13.2. The Kier molecular flexibility index (Phi) is 8.29. The SMILES string of the molecule is COc1cc(C=O)cc2c1O[C@@H]1[C@@H](O)[C@H](N(Cc3ccoc3)C(=O)c3ccc(C(F)(F)F)cc3)C=C(C(=O)NCCO)[C@H]21. The topological polar surface area (TPSA) is 139 Å². The minimum absolute atomic E-state index is 0.0848. The number of benzene rings is 2. The zero-order chi connectivity index (χ0) is 30.9. The number of aliphatic hydroxyl groups is 2. The van der Waals surface area contributed by atoms with Gasteiger partial charge in [0.2, 0.25) is 5.91 Å². The first-order valence-corrected chi connectivity index (χ1v) is 13.2. The fourth-order valence-electron chi connectivity index (χ4n) is 5.42. The number of amides is 2. The minimum atomic E-state index is -4.61. The molecule has 226 valence electrons. The molecule has 10 nitrogen and oxygen atoms in total. The van der Waals surface area contributed by atoms with Gasteiger partial charge < -0.3 is 34.3 Å². The number of aliphatic hydroxyl groups excluding tert-OH is 2. The molecule has 3 N–H and O–H groups in total. The highest BCUT2D eigenvalue weighted by molar-refractivity contribution is 5.98. The predicted octanol–water partition coefficient (Wildman–Crippen LogP) is 3.08. The van der Waals surface area contributed by atoms with Crippen molar-refractivity contribution in [3.63, 3.8) is 0 Å². The molecule has 1 aromatic heterocycles. The average Bonchev–Trinajstić information content (AvgIpc) is 3.66. The van der Waals surface area contributed by atoms with E-state index in [0.717, 1.165) is 24.3 Å². The maximum absolute atomic E-state index is 13.9. The van der Waals surface area contributed by atoms with Crippen molar-refractivity contribution in [2.24, 2.45) is 0 Å². The van der Waals surface area contributed by atoms with Crippen molar-refractivity contribution in [2.75, 3.05) is 20.3 Å². The number of furan rings is 1. The van der Waals surface area contributed by atoms with Crippen LogP contribution in [0.3, 0.4) is 0 Å². The van der Waals surface area contributed by atoms with Gasteiger partial charge in [0.05, 0.1) is 43.8 Å². The van der Waals surface area contributed by atoms with Gasteiger partial charge in [-0.1, -0.05) is 0 Å². The number of carbonyl (C=O) groups is 3. The second kappa shape index (κ2) is 11.9. The van der Waals surface area contributed by atoms with Crippen LogP contribution in [0.1, 0.15) is 43.3 Å². The normalized spacial score (nSPS) is 20.7. The second-order valence-electron chi connectivity index (χ2n) is 10.0. The number of ether oxygens (including phenoxy) is 2. The molecular formula is C30H27F3N2O8. The van der Waals surface area contributed by atoms with Crippen LogP contribution in [0.4, 0.5) is 13.2 Å². The third kappa shape index (κ3) is 5.73. The van der Waals surface area contributed by atoms with E-state index < -0.39 is 47.7 Å². The lowest BCUT2D eigenvalue weighted by Gasteiger charge is -2.40. The lowest BCUT2D eigenvalue weighted by Crippen LogP contribution is -2.55. The Morgan fingerprint density at radius 2 is 1.91 bits per heavy atom. The molecule has 1 aliphatic carbocycles. The lowest BCUT2D eigenvalue weighted by molar-refractivity contribution is -0.137. The van der Waals surface area contributed by atoms with Crippen LogP contribution in [0.5, 0.6) is 11.5 Å². The second-order valence-corrected chi connectivity index (χ2v) is 10.0. The molecule has 2 aliphatic rings. The van der Waals surface area contributed by atoms with Crippen LogP contribution in [-0.2, 0) is 17.5 Å². The highest BCUT2D eigenvalue weighted by Gasteiger charge is 2.51. The summed E-state index contributed by atoms with van der Waals surface area (Å²) in [4.78, 5) is 40.2. The molecule has 0 bridgehead atoms. The van der Waals surface area contributed by atoms with E-state index >= 15 is 0 Å². The van der Waals surface area contributed by atoms with Crippen LogP contribution in [0.2, 0.25) is 0 Å². The predicted molar refractivity (Wildman–Crippen MR) is 144 cm³/mol. The van der Waals surface area contributed by atoms with Crippen molar-refractivity contribution in [1.82, 2.24) is 10.2 Å². The number of carbonyl (C=O) groups excluding carboxylic acids is 3. The minimum Gasteiger partial charge on any atom is -0.493 e. The summed E-state index contributed by atoms with van der Waals surface area (Å²) in [7, 11) is 1.37.